The molecule has 0 amide bonds. The maximum Gasteiger partial charge on any atom is 0.191 e. The third-order valence-corrected chi connectivity index (χ3v) is 1.84. The van der Waals surface area contributed by atoms with E-state index in [0.29, 0.717) is 0 Å². The Balaban J connectivity index is -0.00000144. The smallest absolute Gasteiger partial charge is 0.191 e. The van der Waals surface area contributed by atoms with Gasteiger partial charge in [0.25, 0.3) is 0 Å². The van der Waals surface area contributed by atoms with Crippen molar-refractivity contribution in [2.75, 3.05) is 26.4 Å². The van der Waals surface area contributed by atoms with Crippen molar-refractivity contribution in [3.63, 3.8) is 0 Å². The Bertz CT molecular complexity index is 255. The second-order valence-electron chi connectivity index (χ2n) is 3.37. The molecule has 0 rings (SSSR count). The first kappa shape index (κ1) is 23.4. The summed E-state index contributed by atoms with van der Waals surface area (Å²) in [5, 5.41) is 17.6. The van der Waals surface area contributed by atoms with Gasteiger partial charge in [-0.3, -0.25) is 0 Å². The maximum atomic E-state index is 12.4. The predicted octanol–water partition coefficient (Wildman–Crippen LogP) is 1.79. The molecule has 20 heavy (non-hydrogen) atoms. The number of hydrogen-bond donors (Lipinski definition) is 2. The zero-order valence-electron chi connectivity index (χ0n) is 11.2. The van der Waals surface area contributed by atoms with Gasteiger partial charge < -0.3 is 35.9 Å². The Hall–Kier alpha value is -1.70. The summed E-state index contributed by atoms with van der Waals surface area (Å²) in [6.07, 6.45) is -5.52. The molecule has 0 radical (unpaired) electrons. The molecule has 0 saturated carbocycles. The summed E-state index contributed by atoms with van der Waals surface area (Å²) >= 11 is 0. The van der Waals surface area contributed by atoms with Crippen LogP contribution in [-0.2, 0) is 9.47 Å². The first-order valence-corrected chi connectivity index (χ1v) is 5.03. The molecule has 0 heterocycles. The monoisotopic (exact) mass is 561 g/mol. The molecule has 0 saturated heterocycles. The van der Waals surface area contributed by atoms with Crippen LogP contribution in [0.1, 0.15) is 6.42 Å². The average molecular weight is 559 g/mol. The van der Waals surface area contributed by atoms with Gasteiger partial charge >= 0.3 is 0 Å². The molecule has 0 aromatic heterocycles. The summed E-state index contributed by atoms with van der Waals surface area (Å²) in [6, 6.07) is 0. The second kappa shape index (κ2) is 11.2. The van der Waals surface area contributed by atoms with E-state index in [4.69, 9.17) is 5.11 Å². The van der Waals surface area contributed by atoms with Gasteiger partial charge in [0, 0.05) is 12.0 Å². The third-order valence-electron chi connectivity index (χ3n) is 1.84. The largest absolute Gasteiger partial charge is 0.415 e. The molecule has 1 atom stereocenters. The standard InChI is InChI=1S/C10H15F4O4.CH3.Sg/c1-7(8(16)18-5-3-15)6-17-4-2-10(13,14)9(11)12;;/h8,15-16H,1-6H2;1H3;/q2*-1;. The molecule has 0 aromatic carbocycles. The second-order valence-corrected chi connectivity index (χ2v) is 3.37. The maximum absolute atomic E-state index is 12.4. The van der Waals surface area contributed by atoms with Crippen LogP contribution < -0.4 is 0 Å². The normalized spacial score (nSPS) is 12.6. The van der Waals surface area contributed by atoms with Gasteiger partial charge in [-0.25, -0.2) is 8.78 Å². The number of rotatable bonds is 10. The molecule has 1 unspecified atom stereocenters. The molecule has 0 aliphatic rings. The van der Waals surface area contributed by atoms with Gasteiger partial charge in [-0.1, -0.05) is 6.58 Å². The first-order chi connectivity index (χ1) is 8.31. The molecule has 118 valence electrons. The van der Waals surface area contributed by atoms with E-state index in [1.54, 1.807) is 0 Å². The summed E-state index contributed by atoms with van der Waals surface area (Å²) in [5.41, 5.74) is 0.0384. The van der Waals surface area contributed by atoms with E-state index in [0.717, 1.165) is 0 Å². The van der Waals surface area contributed by atoms with Crippen LogP contribution in [0, 0.1) is 13.9 Å². The van der Waals surface area contributed by atoms with Crippen LogP contribution >= 0.6 is 0 Å². The van der Waals surface area contributed by atoms with Crippen LogP contribution in [0.4, 0.5) is 17.6 Å². The van der Waals surface area contributed by atoms with Gasteiger partial charge in [0.2, 0.25) is 0 Å². The average Bonchev–Trinajstić information content (AvgIpc) is 2.31. The van der Waals surface area contributed by atoms with Crippen molar-refractivity contribution in [2.45, 2.75) is 18.6 Å². The Morgan fingerprint density at radius 3 is 2.30 bits per heavy atom. The van der Waals surface area contributed by atoms with Crippen LogP contribution in [0.15, 0.2) is 12.2 Å². The molecule has 0 aliphatic carbocycles. The molecular formula is C11H18F4O4Sg-2. The molecule has 0 fully saturated rings. The molecule has 2 N–H and O–H groups in total. The Kier molecular flexibility index (Phi) is 13.0. The van der Waals surface area contributed by atoms with Crippen molar-refractivity contribution in [1.29, 1.82) is 0 Å². The van der Waals surface area contributed by atoms with Crippen molar-refractivity contribution in [2.24, 2.45) is 0 Å². The Labute approximate surface area is 109 Å². The Morgan fingerprint density at radius 2 is 1.85 bits per heavy atom. The fraction of sp³-hybridized carbons (Fsp3) is 0.636. The van der Waals surface area contributed by atoms with Crippen molar-refractivity contribution in [3.05, 3.63) is 26.0 Å². The van der Waals surface area contributed by atoms with E-state index in [-0.39, 0.29) is 32.8 Å². The molecule has 9 heteroatoms. The van der Waals surface area contributed by atoms with E-state index < -0.39 is 31.7 Å². The number of ether oxygens (including phenoxy) is 2. The molecular weight excluding hydrogens is 541 g/mol. The SMILES string of the molecule is C=C(COCCC(F)(F)[C-](F)F)C(O)OCCO.[CH3-].[Sg]. The minimum Gasteiger partial charge on any atom is -0.415 e. The van der Waals surface area contributed by atoms with Crippen molar-refractivity contribution < 1.29 is 37.2 Å². The van der Waals surface area contributed by atoms with Crippen LogP contribution in [-0.4, -0.2) is 48.9 Å². The van der Waals surface area contributed by atoms with E-state index in [9.17, 15) is 22.7 Å². The van der Waals surface area contributed by atoms with Crippen molar-refractivity contribution in [1.82, 2.24) is 0 Å². The summed E-state index contributed by atoms with van der Waals surface area (Å²) in [4.78, 5) is 0. The van der Waals surface area contributed by atoms with Crippen LogP contribution in [0.2, 0.25) is 0 Å². The summed E-state index contributed by atoms with van der Waals surface area (Å²) in [5.74, 6) is -4.17. The van der Waals surface area contributed by atoms with E-state index >= 15 is 0 Å². The van der Waals surface area contributed by atoms with Crippen LogP contribution in [0.5, 0.6) is 0 Å². The third kappa shape index (κ3) is 9.26. The molecule has 0 spiro atoms. The number of hydrogen-bond acceptors (Lipinski definition) is 4. The van der Waals surface area contributed by atoms with E-state index in [1.165, 1.54) is 0 Å². The van der Waals surface area contributed by atoms with E-state index in [2.05, 4.69) is 16.1 Å². The van der Waals surface area contributed by atoms with Crippen molar-refractivity contribution in [3.8, 4) is 0 Å². The summed E-state index contributed by atoms with van der Waals surface area (Å²) in [7, 11) is 0. The van der Waals surface area contributed by atoms with Gasteiger partial charge in [0.15, 0.2) is 12.2 Å². The fourth-order valence-corrected chi connectivity index (χ4v) is 0.852. The van der Waals surface area contributed by atoms with Crippen molar-refractivity contribution >= 4 is 0 Å². The zero-order valence-corrected chi connectivity index (χ0v) is 17.7. The van der Waals surface area contributed by atoms with Gasteiger partial charge in [-0.05, 0) is 0 Å². The van der Waals surface area contributed by atoms with Gasteiger partial charge in [0.1, 0.15) is 0 Å². The number of alkyl halides is 2. The van der Waals surface area contributed by atoms with Gasteiger partial charge in [-0.2, -0.15) is 0 Å². The minimum atomic E-state index is -4.17. The summed E-state index contributed by atoms with van der Waals surface area (Å²) in [6.45, 7) is 2.00. The number of aliphatic hydroxyl groups excluding tert-OH is 2. The number of aliphatic hydroxyl groups is 2. The Morgan fingerprint density at radius 1 is 1.30 bits per heavy atom. The summed E-state index contributed by atoms with van der Waals surface area (Å²) < 4.78 is 57.5. The van der Waals surface area contributed by atoms with Crippen LogP contribution in [0.25, 0.3) is 0 Å². The topological polar surface area (TPSA) is 58.9 Å². The number of halogens is 4. The first-order valence-electron chi connectivity index (χ1n) is 5.03. The minimum absolute atomic E-state index is 0. The van der Waals surface area contributed by atoms with Gasteiger partial charge in [0.05, 0.1) is 32.9 Å². The zero-order chi connectivity index (χ0) is 14.2. The van der Waals surface area contributed by atoms with Crippen LogP contribution in [0.3, 0.4) is 0 Å². The van der Waals surface area contributed by atoms with Gasteiger partial charge in [-0.15, -0.1) is 0 Å². The molecule has 0 aromatic rings. The predicted molar refractivity (Wildman–Crippen MR) is 60.4 cm³/mol. The molecule has 4 nitrogen and oxygen atoms in total. The molecule has 0 bridgehead atoms. The van der Waals surface area contributed by atoms with E-state index in [1.807, 2.05) is 0 Å². The fourth-order valence-electron chi connectivity index (χ4n) is 0.852. The quantitative estimate of drug-likeness (QED) is 0.141. The molecule has 0 aliphatic heterocycles.